The number of nitrogens with two attached hydrogens (primary N) is 1. The molecule has 7 rings (SSSR count). The number of hydrogen-bond acceptors (Lipinski definition) is 14. The van der Waals surface area contributed by atoms with Gasteiger partial charge in [0, 0.05) is 78.8 Å². The molecule has 18 nitrogen and oxygen atoms in total. The Balaban J connectivity index is 1.12. The van der Waals surface area contributed by atoms with E-state index in [-0.39, 0.29) is 84.2 Å². The van der Waals surface area contributed by atoms with Gasteiger partial charge >= 0.3 is 5.51 Å². The Bertz CT molecular complexity index is 2820. The van der Waals surface area contributed by atoms with Crippen LogP contribution >= 0.6 is 0 Å². The molecule has 0 aliphatic carbocycles. The number of carbonyl (C=O) groups is 4. The summed E-state index contributed by atoms with van der Waals surface area (Å²) >= 11 is 0. The Kier molecular flexibility index (Phi) is 16.7. The summed E-state index contributed by atoms with van der Waals surface area (Å²) in [6.45, 7) is 14.9. The molecule has 24 heteroatoms. The molecule has 4 heterocycles. The van der Waals surface area contributed by atoms with Crippen LogP contribution in [0, 0.1) is 0 Å². The minimum absolute atomic E-state index is 0.0164. The lowest BCUT2D eigenvalue weighted by molar-refractivity contribution is -0.211. The lowest BCUT2D eigenvalue weighted by Gasteiger charge is -2.27. The number of carbonyl (C=O) groups excluding carboxylic acids is 4. The van der Waals surface area contributed by atoms with Crippen molar-refractivity contribution in [2.45, 2.75) is 108 Å². The molecule has 74 heavy (non-hydrogen) atoms. The molecule has 3 aromatic rings. The van der Waals surface area contributed by atoms with Crippen molar-refractivity contribution < 1.29 is 74.2 Å². The van der Waals surface area contributed by atoms with Crippen LogP contribution in [0.1, 0.15) is 58.9 Å². The Labute approximate surface area is 430 Å². The van der Waals surface area contributed by atoms with Crippen molar-refractivity contribution in [2.24, 2.45) is 0 Å². The Hall–Kier alpha value is -5.93. The number of nitrogen functional groups attached to an aromatic ring is 1. The standard InChI is InChI=1S/C50H64F3N5O13SSi2/c1-10-34(70-44-25-38-36(23-42(44)65-2)47(60)56-28-35(72(63,64)50(51,52)53)22-41(56)49(62)57(38)29-67-17-19-73(4,5)6)15-16-69-71-45-26-39-37(24-43(45)66-3)46(59)55-27-32(31-11-13-33(54)14-12-31)21-40(55)48(61)58(39)30-68-18-20-74(7,8)9/h11-14,23-28,34,40-41H,10,15-22,29-30,54H2,1-9H3/t34-,40?,41-/m0/s1. The van der Waals surface area contributed by atoms with Crippen molar-refractivity contribution in [3.05, 3.63) is 82.5 Å². The molecule has 4 aliphatic heterocycles. The lowest BCUT2D eigenvalue weighted by Crippen LogP contribution is -2.45. The van der Waals surface area contributed by atoms with Crippen LogP contribution in [-0.2, 0) is 33.8 Å². The fraction of sp³-hybridized carbons (Fsp3) is 0.480. The van der Waals surface area contributed by atoms with Gasteiger partial charge in [-0.25, -0.2) is 8.42 Å². The van der Waals surface area contributed by atoms with Crippen molar-refractivity contribution in [1.82, 2.24) is 9.80 Å². The highest BCUT2D eigenvalue weighted by atomic mass is 32.2. The molecule has 0 spiro atoms. The zero-order valence-electron chi connectivity index (χ0n) is 43.0. The molecule has 0 bridgehead atoms. The highest BCUT2D eigenvalue weighted by Gasteiger charge is 2.53. The monoisotopic (exact) mass is 1090 g/mol. The predicted octanol–water partition coefficient (Wildman–Crippen LogP) is 8.41. The molecule has 0 saturated heterocycles. The number of ether oxygens (including phenoxy) is 5. The van der Waals surface area contributed by atoms with Crippen molar-refractivity contribution in [2.75, 3.05) is 63.0 Å². The van der Waals surface area contributed by atoms with E-state index in [1.54, 1.807) is 18.3 Å². The smallest absolute Gasteiger partial charge is 0.493 e. The molecule has 0 radical (unpaired) electrons. The number of nitrogens with zero attached hydrogens (tertiary/aromatic N) is 4. The maximum atomic E-state index is 14.5. The first kappa shape index (κ1) is 55.8. The number of rotatable bonds is 22. The first-order chi connectivity index (χ1) is 34.8. The molecule has 3 atom stereocenters. The summed E-state index contributed by atoms with van der Waals surface area (Å²) in [4.78, 5) is 72.5. The molecule has 4 aliphatic rings. The summed E-state index contributed by atoms with van der Waals surface area (Å²) < 4.78 is 95.8. The largest absolute Gasteiger partial charge is 0.501 e. The van der Waals surface area contributed by atoms with Gasteiger partial charge in [-0.05, 0) is 53.9 Å². The van der Waals surface area contributed by atoms with Crippen LogP contribution in [-0.4, -0.2) is 129 Å². The molecule has 4 amide bonds. The van der Waals surface area contributed by atoms with E-state index in [1.165, 1.54) is 48.3 Å². The number of sulfone groups is 1. The van der Waals surface area contributed by atoms with Gasteiger partial charge in [0.15, 0.2) is 17.2 Å². The first-order valence-corrected chi connectivity index (χ1v) is 33.1. The molecule has 402 valence electrons. The van der Waals surface area contributed by atoms with Gasteiger partial charge in [0.25, 0.3) is 33.5 Å². The Morgan fingerprint density at radius 2 is 1.20 bits per heavy atom. The van der Waals surface area contributed by atoms with E-state index in [2.05, 4.69) is 39.3 Å². The maximum Gasteiger partial charge on any atom is 0.501 e. The summed E-state index contributed by atoms with van der Waals surface area (Å²) in [5.74, 6) is -2.21. The number of methoxy groups -OCH3 is 2. The topological polar surface area (TPSA) is 206 Å². The van der Waals surface area contributed by atoms with Crippen LogP contribution in [0.2, 0.25) is 51.4 Å². The second-order valence-electron chi connectivity index (χ2n) is 20.8. The average molecular weight is 1090 g/mol. The zero-order chi connectivity index (χ0) is 54.1. The summed E-state index contributed by atoms with van der Waals surface area (Å²) in [6.07, 6.45) is 1.64. The van der Waals surface area contributed by atoms with E-state index >= 15 is 0 Å². The Morgan fingerprint density at radius 1 is 0.703 bits per heavy atom. The van der Waals surface area contributed by atoms with E-state index in [0.29, 0.717) is 35.9 Å². The third kappa shape index (κ3) is 12.1. The van der Waals surface area contributed by atoms with E-state index in [9.17, 15) is 40.8 Å². The normalized spacial score (nSPS) is 18.5. The second kappa shape index (κ2) is 22.1. The van der Waals surface area contributed by atoms with Gasteiger partial charge < -0.3 is 44.1 Å². The van der Waals surface area contributed by atoms with Gasteiger partial charge in [-0.1, -0.05) is 58.3 Å². The summed E-state index contributed by atoms with van der Waals surface area (Å²) in [7, 11) is -6.25. The van der Waals surface area contributed by atoms with Crippen molar-refractivity contribution in [3.8, 4) is 23.0 Å². The molecule has 0 aromatic heterocycles. The van der Waals surface area contributed by atoms with E-state index in [4.69, 9.17) is 39.2 Å². The maximum absolute atomic E-state index is 14.5. The van der Waals surface area contributed by atoms with Crippen LogP contribution in [0.15, 0.2) is 65.8 Å². The fourth-order valence-corrected chi connectivity index (χ4v) is 11.1. The number of hydrogen-bond donors (Lipinski definition) is 1. The summed E-state index contributed by atoms with van der Waals surface area (Å²) in [5.41, 5.74) is 2.76. The quantitative estimate of drug-likeness (QED) is 0.0330. The molecule has 0 fully saturated rings. The highest BCUT2D eigenvalue weighted by molar-refractivity contribution is 7.96. The van der Waals surface area contributed by atoms with Crippen LogP contribution in [0.4, 0.5) is 30.2 Å². The van der Waals surface area contributed by atoms with Gasteiger partial charge in [0.05, 0.1) is 48.2 Å². The van der Waals surface area contributed by atoms with Crippen LogP contribution in [0.25, 0.3) is 5.57 Å². The predicted molar refractivity (Wildman–Crippen MR) is 276 cm³/mol. The molecule has 2 N–H and O–H groups in total. The molecular formula is C50H64F3N5O13SSi2. The average Bonchev–Trinajstić information content (AvgIpc) is 3.97. The van der Waals surface area contributed by atoms with Gasteiger partial charge in [-0.2, -0.15) is 18.1 Å². The number of benzene rings is 3. The minimum Gasteiger partial charge on any atom is -0.493 e. The number of amides is 4. The fourth-order valence-electron chi connectivity index (χ4n) is 8.62. The second-order valence-corrected chi connectivity index (χ2v) is 34.0. The van der Waals surface area contributed by atoms with Gasteiger partial charge in [-0.3, -0.25) is 29.0 Å². The van der Waals surface area contributed by atoms with Gasteiger partial charge in [0.1, 0.15) is 31.6 Å². The Morgan fingerprint density at radius 3 is 1.70 bits per heavy atom. The van der Waals surface area contributed by atoms with E-state index in [0.717, 1.165) is 22.1 Å². The zero-order valence-corrected chi connectivity index (χ0v) is 45.8. The first-order valence-electron chi connectivity index (χ1n) is 24.2. The van der Waals surface area contributed by atoms with E-state index < -0.39 is 85.5 Å². The molecule has 1 unspecified atom stereocenters. The van der Waals surface area contributed by atoms with E-state index in [1.807, 2.05) is 19.1 Å². The molecular weight excluding hydrogens is 1020 g/mol. The van der Waals surface area contributed by atoms with Gasteiger partial charge in [-0.15, -0.1) is 0 Å². The SMILES string of the molecule is CC[C@@H](CCOOc1cc2c(cc1OC)C(=O)N1C=C(c3ccc(N)cc3)CC1C(=O)N2COCC[Si](C)(C)C)Oc1cc2c(cc1OC)C(=O)N1C=C(S(=O)(=O)C(F)(F)F)C[C@H]1C(=O)N2COCC[Si](C)(C)C. The summed E-state index contributed by atoms with van der Waals surface area (Å²) in [5, 5.41) is 0. The van der Waals surface area contributed by atoms with Crippen molar-refractivity contribution in [3.63, 3.8) is 0 Å². The molecule has 0 saturated carbocycles. The lowest BCUT2D eigenvalue weighted by atomic mass is 10.0. The van der Waals surface area contributed by atoms with Gasteiger partial charge in [0.2, 0.25) is 5.75 Å². The number of fused-ring (bicyclic) bond motifs is 4. The number of alkyl halides is 3. The number of anilines is 3. The molecule has 3 aromatic carbocycles. The third-order valence-electron chi connectivity index (χ3n) is 13.0. The van der Waals surface area contributed by atoms with Crippen LogP contribution in [0.3, 0.4) is 0 Å². The minimum atomic E-state index is -5.86. The number of halogens is 3. The van der Waals surface area contributed by atoms with Crippen molar-refractivity contribution >= 4 is 72.2 Å². The van der Waals surface area contributed by atoms with Crippen molar-refractivity contribution in [1.29, 1.82) is 0 Å². The van der Waals surface area contributed by atoms with Crippen LogP contribution in [0.5, 0.6) is 23.0 Å². The highest BCUT2D eigenvalue weighted by Crippen LogP contribution is 2.45. The summed E-state index contributed by atoms with van der Waals surface area (Å²) in [6, 6.07) is 12.0. The van der Waals surface area contributed by atoms with Crippen LogP contribution < -0.4 is 34.6 Å². The third-order valence-corrected chi connectivity index (χ3v) is 18.0.